The molecule has 1 aromatic rings. The van der Waals surface area contributed by atoms with Gasteiger partial charge < -0.3 is 21.7 Å². The highest BCUT2D eigenvalue weighted by Gasteiger charge is 2.23. The largest absolute Gasteiger partial charge is 0.397 e. The van der Waals surface area contributed by atoms with Gasteiger partial charge in [0, 0.05) is 18.6 Å². The zero-order valence-electron chi connectivity index (χ0n) is 11.4. The molecule has 0 aromatic carbocycles. The first-order valence-corrected chi connectivity index (χ1v) is 6.49. The highest BCUT2D eigenvalue weighted by Crippen LogP contribution is 2.20. The van der Waals surface area contributed by atoms with Crippen molar-refractivity contribution in [1.29, 1.82) is 0 Å². The van der Waals surface area contributed by atoms with Crippen molar-refractivity contribution in [2.45, 2.75) is 31.8 Å². The smallest absolute Gasteiger partial charge is 0.250 e. The lowest BCUT2D eigenvalue weighted by molar-refractivity contribution is 0.100. The third-order valence-electron chi connectivity index (χ3n) is 3.76. The van der Waals surface area contributed by atoms with E-state index in [9.17, 15) is 4.79 Å². The monoisotopic (exact) mass is 263 g/mol. The SMILES string of the molecule is CC1CC(Nc2cc(C(N)=O)c(N)cn2)CCN1C. The van der Waals surface area contributed by atoms with E-state index in [0.29, 0.717) is 29.2 Å². The van der Waals surface area contributed by atoms with Gasteiger partial charge in [-0.15, -0.1) is 0 Å². The maximum atomic E-state index is 11.2. The number of likely N-dealkylation sites (tertiary alicyclic amines) is 1. The first kappa shape index (κ1) is 13.6. The van der Waals surface area contributed by atoms with Crippen molar-refractivity contribution in [3.8, 4) is 0 Å². The van der Waals surface area contributed by atoms with Crippen molar-refractivity contribution in [2.75, 3.05) is 24.6 Å². The van der Waals surface area contributed by atoms with Crippen molar-refractivity contribution in [3.05, 3.63) is 17.8 Å². The number of aromatic nitrogens is 1. The van der Waals surface area contributed by atoms with Gasteiger partial charge in [-0.3, -0.25) is 4.79 Å². The fourth-order valence-corrected chi connectivity index (χ4v) is 2.39. The summed E-state index contributed by atoms with van der Waals surface area (Å²) in [5.41, 5.74) is 11.6. The molecule has 2 rings (SSSR count). The standard InChI is InChI=1S/C13H21N5O/c1-8-5-9(3-4-18(8)2)17-12-6-10(13(15)19)11(14)7-16-12/h6-9H,3-5,14H2,1-2H3,(H2,15,19)(H,16,17). The Balaban J connectivity index is 2.07. The maximum absolute atomic E-state index is 11.2. The van der Waals surface area contributed by atoms with E-state index in [4.69, 9.17) is 11.5 Å². The predicted molar refractivity (Wildman–Crippen MR) is 75.9 cm³/mol. The Morgan fingerprint density at radius 3 is 2.95 bits per heavy atom. The van der Waals surface area contributed by atoms with Crippen LogP contribution in [0.4, 0.5) is 11.5 Å². The summed E-state index contributed by atoms with van der Waals surface area (Å²) in [7, 11) is 2.13. The minimum Gasteiger partial charge on any atom is -0.397 e. The van der Waals surface area contributed by atoms with Gasteiger partial charge in [0.2, 0.25) is 0 Å². The number of amides is 1. The average Bonchev–Trinajstić information content (AvgIpc) is 2.36. The molecule has 1 aromatic heterocycles. The van der Waals surface area contributed by atoms with Crippen molar-refractivity contribution < 1.29 is 4.79 Å². The number of carbonyl (C=O) groups excluding carboxylic acids is 1. The molecule has 5 N–H and O–H groups in total. The lowest BCUT2D eigenvalue weighted by Crippen LogP contribution is -2.42. The quantitative estimate of drug-likeness (QED) is 0.744. The number of nitrogens with one attached hydrogen (secondary N) is 1. The Kier molecular flexibility index (Phi) is 3.90. The number of carbonyl (C=O) groups is 1. The van der Waals surface area contributed by atoms with Gasteiger partial charge in [0.25, 0.3) is 5.91 Å². The molecule has 19 heavy (non-hydrogen) atoms. The Bertz CT molecular complexity index is 476. The molecule has 0 saturated carbocycles. The van der Waals surface area contributed by atoms with Crippen molar-refractivity contribution in [2.24, 2.45) is 5.73 Å². The molecular weight excluding hydrogens is 242 g/mol. The molecule has 6 nitrogen and oxygen atoms in total. The first-order valence-electron chi connectivity index (χ1n) is 6.49. The Hall–Kier alpha value is -1.82. The first-order chi connectivity index (χ1) is 8.97. The van der Waals surface area contributed by atoms with Gasteiger partial charge in [0.15, 0.2) is 0 Å². The number of pyridine rings is 1. The van der Waals surface area contributed by atoms with Gasteiger partial charge in [-0.2, -0.15) is 0 Å². The van der Waals surface area contributed by atoms with E-state index >= 15 is 0 Å². The molecule has 104 valence electrons. The number of nitrogens with zero attached hydrogens (tertiary/aromatic N) is 2. The van der Waals surface area contributed by atoms with Gasteiger partial charge >= 0.3 is 0 Å². The van der Waals surface area contributed by atoms with Crippen LogP contribution in [0.5, 0.6) is 0 Å². The Labute approximate surface area is 113 Å². The Morgan fingerprint density at radius 2 is 2.32 bits per heavy atom. The molecule has 6 heteroatoms. The lowest BCUT2D eigenvalue weighted by atomic mass is 9.99. The van der Waals surface area contributed by atoms with E-state index in [2.05, 4.69) is 29.2 Å². The molecule has 1 aliphatic rings. The molecule has 1 amide bonds. The number of hydrogen-bond donors (Lipinski definition) is 3. The van der Waals surface area contributed by atoms with Crippen LogP contribution in [-0.4, -0.2) is 41.5 Å². The summed E-state index contributed by atoms with van der Waals surface area (Å²) in [4.78, 5) is 17.8. The van der Waals surface area contributed by atoms with E-state index in [0.717, 1.165) is 19.4 Å². The molecule has 2 heterocycles. The second-order valence-corrected chi connectivity index (χ2v) is 5.22. The van der Waals surface area contributed by atoms with Crippen LogP contribution in [0.25, 0.3) is 0 Å². The Morgan fingerprint density at radius 1 is 1.58 bits per heavy atom. The van der Waals surface area contributed by atoms with Gasteiger partial charge in [0.05, 0.1) is 17.4 Å². The molecule has 1 aliphatic heterocycles. The minimum absolute atomic E-state index is 0.315. The lowest BCUT2D eigenvalue weighted by Gasteiger charge is -2.35. The average molecular weight is 263 g/mol. The molecule has 2 unspecified atom stereocenters. The molecular formula is C13H21N5O. The summed E-state index contributed by atoms with van der Waals surface area (Å²) >= 11 is 0. The van der Waals surface area contributed by atoms with Crippen molar-refractivity contribution >= 4 is 17.4 Å². The third-order valence-corrected chi connectivity index (χ3v) is 3.76. The van der Waals surface area contributed by atoms with Crippen LogP contribution in [0.15, 0.2) is 12.3 Å². The van der Waals surface area contributed by atoms with Crippen LogP contribution in [0.1, 0.15) is 30.1 Å². The third kappa shape index (κ3) is 3.14. The van der Waals surface area contributed by atoms with Crippen molar-refractivity contribution in [1.82, 2.24) is 9.88 Å². The summed E-state index contributed by atoms with van der Waals surface area (Å²) in [5, 5.41) is 3.35. The van der Waals surface area contributed by atoms with Gasteiger partial charge in [0.1, 0.15) is 5.82 Å². The summed E-state index contributed by atoms with van der Waals surface area (Å²) < 4.78 is 0. The minimum atomic E-state index is -0.528. The molecule has 0 radical (unpaired) electrons. The van der Waals surface area contributed by atoms with Crippen LogP contribution in [-0.2, 0) is 0 Å². The second kappa shape index (κ2) is 5.44. The molecule has 0 aliphatic carbocycles. The van der Waals surface area contributed by atoms with Gasteiger partial charge in [-0.25, -0.2) is 4.98 Å². The van der Waals surface area contributed by atoms with Crippen molar-refractivity contribution in [3.63, 3.8) is 0 Å². The highest BCUT2D eigenvalue weighted by molar-refractivity contribution is 5.98. The topological polar surface area (TPSA) is 97.3 Å². The summed E-state index contributed by atoms with van der Waals surface area (Å²) in [5.74, 6) is 0.129. The van der Waals surface area contributed by atoms with Crippen LogP contribution < -0.4 is 16.8 Å². The molecule has 2 atom stereocenters. The fourth-order valence-electron chi connectivity index (χ4n) is 2.39. The second-order valence-electron chi connectivity index (χ2n) is 5.22. The number of piperidine rings is 1. The van der Waals surface area contributed by atoms with E-state index in [1.54, 1.807) is 6.07 Å². The zero-order valence-corrected chi connectivity index (χ0v) is 11.4. The van der Waals surface area contributed by atoms with Crippen LogP contribution in [0.3, 0.4) is 0 Å². The predicted octanol–water partition coefficient (Wildman–Crippen LogP) is 0.657. The van der Waals surface area contributed by atoms with Crippen LogP contribution in [0, 0.1) is 0 Å². The van der Waals surface area contributed by atoms with E-state index in [1.807, 2.05) is 0 Å². The van der Waals surface area contributed by atoms with E-state index < -0.39 is 5.91 Å². The van der Waals surface area contributed by atoms with E-state index in [-0.39, 0.29) is 0 Å². The van der Waals surface area contributed by atoms with Gasteiger partial charge in [-0.1, -0.05) is 0 Å². The number of hydrogen-bond acceptors (Lipinski definition) is 5. The normalized spacial score (nSPS) is 24.1. The molecule has 1 saturated heterocycles. The molecule has 0 bridgehead atoms. The van der Waals surface area contributed by atoms with E-state index in [1.165, 1.54) is 6.20 Å². The van der Waals surface area contributed by atoms with Crippen LogP contribution in [0.2, 0.25) is 0 Å². The number of nitrogens with two attached hydrogens (primary N) is 2. The summed E-state index contributed by atoms with van der Waals surface area (Å²) in [6.07, 6.45) is 3.58. The maximum Gasteiger partial charge on any atom is 0.250 e. The van der Waals surface area contributed by atoms with Gasteiger partial charge in [-0.05, 0) is 32.9 Å². The fraction of sp³-hybridized carbons (Fsp3) is 0.538. The summed E-state index contributed by atoms with van der Waals surface area (Å²) in [6.45, 7) is 3.26. The number of anilines is 2. The molecule has 0 spiro atoms. The number of primary amides is 1. The summed E-state index contributed by atoms with van der Waals surface area (Å²) in [6, 6.07) is 2.53. The number of nitrogen functional groups attached to an aromatic ring is 1. The highest BCUT2D eigenvalue weighted by atomic mass is 16.1. The number of rotatable bonds is 3. The zero-order chi connectivity index (χ0) is 14.0. The molecule has 1 fully saturated rings. The van der Waals surface area contributed by atoms with Crippen LogP contribution >= 0.6 is 0 Å².